The number of thiocarbonyl (C=S) groups is 1. The van der Waals surface area contributed by atoms with Crippen LogP contribution in [0.25, 0.3) is 0 Å². The summed E-state index contributed by atoms with van der Waals surface area (Å²) < 4.78 is 0. The largest absolute Gasteiger partial charge is 0.388 e. The van der Waals surface area contributed by atoms with Gasteiger partial charge in [-0.05, 0) is 12.3 Å². The molecule has 2 heterocycles. The molecule has 0 amide bonds. The molecule has 1 atom stereocenters. The molecule has 1 saturated heterocycles. The van der Waals surface area contributed by atoms with Crippen LogP contribution in [0.5, 0.6) is 0 Å². The molecule has 2 rings (SSSR count). The average molecular weight is 222 g/mol. The van der Waals surface area contributed by atoms with Gasteiger partial charge in [0.05, 0.1) is 0 Å². The summed E-state index contributed by atoms with van der Waals surface area (Å²) in [6, 6.07) is 0. The molecule has 1 aliphatic heterocycles. The van der Waals surface area contributed by atoms with Crippen LogP contribution in [0.4, 0.5) is 5.82 Å². The van der Waals surface area contributed by atoms with Crippen molar-refractivity contribution in [3.63, 3.8) is 0 Å². The van der Waals surface area contributed by atoms with Crippen molar-refractivity contribution in [3.8, 4) is 0 Å². The molecule has 0 aromatic carbocycles. The summed E-state index contributed by atoms with van der Waals surface area (Å²) in [6.45, 7) is 4.25. The second-order valence-electron chi connectivity index (χ2n) is 3.93. The van der Waals surface area contributed by atoms with Crippen LogP contribution in [-0.4, -0.2) is 28.0 Å². The van der Waals surface area contributed by atoms with Crippen molar-refractivity contribution in [1.82, 2.24) is 9.97 Å². The van der Waals surface area contributed by atoms with E-state index in [0.717, 1.165) is 18.9 Å². The van der Waals surface area contributed by atoms with E-state index in [2.05, 4.69) is 21.8 Å². The molecule has 0 spiro atoms. The van der Waals surface area contributed by atoms with Gasteiger partial charge in [-0.25, -0.2) is 9.97 Å². The van der Waals surface area contributed by atoms with E-state index in [4.69, 9.17) is 18.0 Å². The van der Waals surface area contributed by atoms with E-state index in [-0.39, 0.29) is 0 Å². The van der Waals surface area contributed by atoms with Gasteiger partial charge >= 0.3 is 0 Å². The minimum atomic E-state index is 0.317. The number of nitrogens with two attached hydrogens (primary N) is 1. The summed E-state index contributed by atoms with van der Waals surface area (Å²) in [5.74, 6) is 1.53. The molecule has 1 fully saturated rings. The van der Waals surface area contributed by atoms with Crippen molar-refractivity contribution in [2.24, 2.45) is 11.7 Å². The molecule has 1 aromatic heterocycles. The first-order chi connectivity index (χ1) is 7.18. The van der Waals surface area contributed by atoms with Crippen LogP contribution in [-0.2, 0) is 0 Å². The number of aromatic nitrogens is 2. The highest BCUT2D eigenvalue weighted by Crippen LogP contribution is 2.23. The first-order valence-electron chi connectivity index (χ1n) is 5.04. The van der Waals surface area contributed by atoms with Crippen molar-refractivity contribution in [2.75, 3.05) is 18.0 Å². The third-order valence-electron chi connectivity index (χ3n) is 2.64. The summed E-state index contributed by atoms with van der Waals surface area (Å²) >= 11 is 4.96. The summed E-state index contributed by atoms with van der Waals surface area (Å²) in [5.41, 5.74) is 6.26. The van der Waals surface area contributed by atoms with E-state index in [1.54, 1.807) is 12.4 Å². The molecule has 15 heavy (non-hydrogen) atoms. The average Bonchev–Trinajstić information content (AvgIpc) is 2.65. The lowest BCUT2D eigenvalue weighted by Crippen LogP contribution is -2.25. The van der Waals surface area contributed by atoms with Crippen LogP contribution in [0.2, 0.25) is 0 Å². The van der Waals surface area contributed by atoms with Gasteiger partial charge in [0.15, 0.2) is 5.82 Å². The molecule has 1 aromatic rings. The van der Waals surface area contributed by atoms with Gasteiger partial charge in [-0.1, -0.05) is 19.1 Å². The summed E-state index contributed by atoms with van der Waals surface area (Å²) in [6.07, 6.45) is 4.49. The quantitative estimate of drug-likeness (QED) is 0.755. The van der Waals surface area contributed by atoms with Crippen molar-refractivity contribution in [1.29, 1.82) is 0 Å². The highest BCUT2D eigenvalue weighted by molar-refractivity contribution is 7.80. The van der Waals surface area contributed by atoms with E-state index >= 15 is 0 Å². The van der Waals surface area contributed by atoms with Crippen molar-refractivity contribution in [2.45, 2.75) is 13.3 Å². The zero-order valence-corrected chi connectivity index (χ0v) is 9.50. The van der Waals surface area contributed by atoms with Crippen LogP contribution in [0, 0.1) is 5.92 Å². The second kappa shape index (κ2) is 4.10. The number of hydrogen-bond acceptors (Lipinski definition) is 4. The first-order valence-corrected chi connectivity index (χ1v) is 5.45. The van der Waals surface area contributed by atoms with Gasteiger partial charge in [-0.15, -0.1) is 0 Å². The molecule has 80 valence electrons. The van der Waals surface area contributed by atoms with Gasteiger partial charge in [0.1, 0.15) is 10.7 Å². The Balaban J connectivity index is 2.31. The molecule has 1 unspecified atom stereocenters. The summed E-state index contributed by atoms with van der Waals surface area (Å²) in [5, 5.41) is 0. The number of nitrogens with zero attached hydrogens (tertiary/aromatic N) is 3. The Labute approximate surface area is 94.5 Å². The molecule has 2 N–H and O–H groups in total. The predicted octanol–water partition coefficient (Wildman–Crippen LogP) is 0.957. The van der Waals surface area contributed by atoms with Crippen molar-refractivity contribution in [3.05, 3.63) is 18.1 Å². The van der Waals surface area contributed by atoms with Gasteiger partial charge in [0.2, 0.25) is 0 Å². The van der Waals surface area contributed by atoms with E-state index in [9.17, 15) is 0 Å². The topological polar surface area (TPSA) is 55.0 Å². The lowest BCUT2D eigenvalue weighted by atomic mass is 10.2. The molecule has 0 bridgehead atoms. The fourth-order valence-corrected chi connectivity index (χ4v) is 2.01. The smallest absolute Gasteiger partial charge is 0.157 e. The molecule has 4 nitrogen and oxygen atoms in total. The minimum absolute atomic E-state index is 0.317. The van der Waals surface area contributed by atoms with Crippen LogP contribution in [0.15, 0.2) is 12.4 Å². The zero-order valence-electron chi connectivity index (χ0n) is 8.68. The van der Waals surface area contributed by atoms with Gasteiger partial charge in [0, 0.05) is 25.5 Å². The number of hydrogen-bond donors (Lipinski definition) is 1. The SMILES string of the molecule is CC1CCN(c2nccnc2C(N)=S)C1. The Bertz CT molecular complexity index is 379. The lowest BCUT2D eigenvalue weighted by molar-refractivity contribution is 0.658. The Morgan fingerprint density at radius 2 is 2.27 bits per heavy atom. The predicted molar refractivity (Wildman–Crippen MR) is 63.9 cm³/mol. The lowest BCUT2D eigenvalue weighted by Gasteiger charge is -2.18. The van der Waals surface area contributed by atoms with E-state index < -0.39 is 0 Å². The second-order valence-corrected chi connectivity index (χ2v) is 4.37. The fourth-order valence-electron chi connectivity index (χ4n) is 1.86. The number of rotatable bonds is 2. The third kappa shape index (κ3) is 2.07. The Kier molecular flexibility index (Phi) is 2.81. The summed E-state index contributed by atoms with van der Waals surface area (Å²) in [4.78, 5) is 11.0. The third-order valence-corrected chi connectivity index (χ3v) is 2.83. The number of anilines is 1. The summed E-state index contributed by atoms with van der Waals surface area (Å²) in [7, 11) is 0. The Hall–Kier alpha value is -1.23. The highest BCUT2D eigenvalue weighted by Gasteiger charge is 2.23. The normalized spacial score (nSPS) is 20.6. The maximum atomic E-state index is 5.62. The molecular weight excluding hydrogens is 208 g/mol. The van der Waals surface area contributed by atoms with Crippen LogP contribution in [0.1, 0.15) is 19.0 Å². The maximum Gasteiger partial charge on any atom is 0.157 e. The van der Waals surface area contributed by atoms with Crippen molar-refractivity contribution >= 4 is 23.0 Å². The van der Waals surface area contributed by atoms with Crippen LogP contribution < -0.4 is 10.6 Å². The monoisotopic (exact) mass is 222 g/mol. The van der Waals surface area contributed by atoms with E-state index in [1.165, 1.54) is 6.42 Å². The minimum Gasteiger partial charge on any atom is -0.388 e. The molecule has 0 saturated carbocycles. The van der Waals surface area contributed by atoms with Gasteiger partial charge in [-0.3, -0.25) is 0 Å². The van der Waals surface area contributed by atoms with Gasteiger partial charge in [0.25, 0.3) is 0 Å². The van der Waals surface area contributed by atoms with E-state index in [1.807, 2.05) is 0 Å². The highest BCUT2D eigenvalue weighted by atomic mass is 32.1. The van der Waals surface area contributed by atoms with Crippen LogP contribution in [0.3, 0.4) is 0 Å². The van der Waals surface area contributed by atoms with Gasteiger partial charge in [-0.2, -0.15) is 0 Å². The van der Waals surface area contributed by atoms with Crippen LogP contribution >= 0.6 is 12.2 Å². The molecule has 0 radical (unpaired) electrons. The van der Waals surface area contributed by atoms with Crippen molar-refractivity contribution < 1.29 is 0 Å². The Morgan fingerprint density at radius 1 is 1.53 bits per heavy atom. The zero-order chi connectivity index (χ0) is 10.8. The van der Waals surface area contributed by atoms with E-state index in [0.29, 0.717) is 16.6 Å². The maximum absolute atomic E-state index is 5.62. The van der Waals surface area contributed by atoms with Gasteiger partial charge < -0.3 is 10.6 Å². The molecule has 0 aliphatic carbocycles. The Morgan fingerprint density at radius 3 is 2.87 bits per heavy atom. The molecule has 1 aliphatic rings. The molecular formula is C10H14N4S. The standard InChI is InChI=1S/C10H14N4S/c1-7-2-5-14(6-7)10-8(9(11)15)12-3-4-13-10/h3-4,7H,2,5-6H2,1H3,(H2,11,15). The fraction of sp³-hybridized carbons (Fsp3) is 0.500. The first kappa shape index (κ1) is 10.3. The molecule has 5 heteroatoms.